The second-order valence-electron chi connectivity index (χ2n) is 4.61. The molecule has 0 amide bonds. The van der Waals surface area contributed by atoms with Crippen molar-refractivity contribution in [3.63, 3.8) is 0 Å². The van der Waals surface area contributed by atoms with Gasteiger partial charge in [0.1, 0.15) is 0 Å². The van der Waals surface area contributed by atoms with Crippen LogP contribution in [0, 0.1) is 0 Å². The Bertz CT molecular complexity index is 207. The molecule has 1 aliphatic carbocycles. The molecular weight excluding hydrogens is 186 g/mol. The Balaban J connectivity index is 2.10. The van der Waals surface area contributed by atoms with Crippen molar-refractivity contribution in [2.45, 2.75) is 58.0 Å². The molecule has 0 aliphatic heterocycles. The monoisotopic (exact) mass is 211 g/mol. The molecule has 0 saturated heterocycles. The van der Waals surface area contributed by atoms with E-state index in [0.717, 1.165) is 32.4 Å². The molecule has 0 unspecified atom stereocenters. The van der Waals surface area contributed by atoms with Crippen LogP contribution in [0.15, 0.2) is 11.6 Å². The summed E-state index contributed by atoms with van der Waals surface area (Å²) in [5.74, 6) is 0. The minimum Gasteiger partial charge on any atom is -0.389 e. The standard InChI is InChI=1S/C13H25NO/c1-3-13(15,4-2)11-14-10-9-12-7-5-6-8-12/h7,14-15H,3-6,8-11H2,1-2H3. The summed E-state index contributed by atoms with van der Waals surface area (Å²) in [6, 6.07) is 0. The largest absolute Gasteiger partial charge is 0.389 e. The highest BCUT2D eigenvalue weighted by atomic mass is 16.3. The summed E-state index contributed by atoms with van der Waals surface area (Å²) in [5.41, 5.74) is 1.10. The van der Waals surface area contributed by atoms with Gasteiger partial charge in [0.2, 0.25) is 0 Å². The first kappa shape index (κ1) is 12.7. The molecule has 2 nitrogen and oxygen atoms in total. The Morgan fingerprint density at radius 1 is 1.40 bits per heavy atom. The smallest absolute Gasteiger partial charge is 0.0766 e. The van der Waals surface area contributed by atoms with Gasteiger partial charge in [-0.2, -0.15) is 0 Å². The van der Waals surface area contributed by atoms with Crippen LogP contribution in [0.2, 0.25) is 0 Å². The van der Waals surface area contributed by atoms with Gasteiger partial charge >= 0.3 is 0 Å². The molecule has 0 aromatic heterocycles. The summed E-state index contributed by atoms with van der Waals surface area (Å²) in [6.45, 7) is 5.83. The molecule has 0 bridgehead atoms. The molecule has 0 radical (unpaired) electrons. The van der Waals surface area contributed by atoms with E-state index in [1.54, 1.807) is 5.57 Å². The highest BCUT2D eigenvalue weighted by Crippen LogP contribution is 2.20. The van der Waals surface area contributed by atoms with E-state index in [0.29, 0.717) is 0 Å². The Kier molecular flexibility index (Phi) is 5.34. The number of aliphatic hydroxyl groups is 1. The van der Waals surface area contributed by atoms with E-state index in [2.05, 4.69) is 11.4 Å². The van der Waals surface area contributed by atoms with Crippen molar-refractivity contribution in [1.82, 2.24) is 5.32 Å². The lowest BCUT2D eigenvalue weighted by Gasteiger charge is -2.25. The lowest BCUT2D eigenvalue weighted by molar-refractivity contribution is 0.0328. The van der Waals surface area contributed by atoms with Crippen LogP contribution in [-0.2, 0) is 0 Å². The zero-order valence-electron chi connectivity index (χ0n) is 10.2. The first-order chi connectivity index (χ1) is 7.20. The lowest BCUT2D eigenvalue weighted by atomic mass is 9.97. The molecule has 15 heavy (non-hydrogen) atoms. The second kappa shape index (κ2) is 6.29. The molecule has 0 saturated carbocycles. The van der Waals surface area contributed by atoms with E-state index in [4.69, 9.17) is 0 Å². The molecule has 2 heteroatoms. The second-order valence-corrected chi connectivity index (χ2v) is 4.61. The normalized spacial score (nSPS) is 16.9. The predicted octanol–water partition coefficient (Wildman–Crippen LogP) is 2.63. The molecule has 1 aliphatic rings. The van der Waals surface area contributed by atoms with Crippen LogP contribution in [0.25, 0.3) is 0 Å². The Labute approximate surface area is 93.8 Å². The van der Waals surface area contributed by atoms with E-state index < -0.39 is 5.60 Å². The highest BCUT2D eigenvalue weighted by Gasteiger charge is 2.20. The first-order valence-corrected chi connectivity index (χ1v) is 6.31. The average molecular weight is 211 g/mol. The predicted molar refractivity (Wildman–Crippen MR) is 65.0 cm³/mol. The Morgan fingerprint density at radius 3 is 2.67 bits per heavy atom. The van der Waals surface area contributed by atoms with Crippen LogP contribution in [-0.4, -0.2) is 23.8 Å². The van der Waals surface area contributed by atoms with Gasteiger partial charge in [0.05, 0.1) is 5.60 Å². The maximum absolute atomic E-state index is 10.0. The Hall–Kier alpha value is -0.340. The maximum Gasteiger partial charge on any atom is 0.0766 e. The Morgan fingerprint density at radius 2 is 2.13 bits per heavy atom. The van der Waals surface area contributed by atoms with Gasteiger partial charge in [0.25, 0.3) is 0 Å². The van der Waals surface area contributed by atoms with Gasteiger partial charge in [0.15, 0.2) is 0 Å². The summed E-state index contributed by atoms with van der Waals surface area (Å²) in [7, 11) is 0. The molecule has 0 heterocycles. The van der Waals surface area contributed by atoms with Crippen LogP contribution in [0.1, 0.15) is 52.4 Å². The van der Waals surface area contributed by atoms with Crippen LogP contribution >= 0.6 is 0 Å². The molecule has 88 valence electrons. The summed E-state index contributed by atoms with van der Waals surface area (Å²) >= 11 is 0. The van der Waals surface area contributed by atoms with Gasteiger partial charge in [-0.25, -0.2) is 0 Å². The van der Waals surface area contributed by atoms with Gasteiger partial charge in [-0.1, -0.05) is 25.5 Å². The minimum absolute atomic E-state index is 0.496. The summed E-state index contributed by atoms with van der Waals surface area (Å²) in [6.07, 6.45) is 9.08. The molecule has 0 aromatic carbocycles. The zero-order chi connectivity index (χ0) is 11.1. The zero-order valence-corrected chi connectivity index (χ0v) is 10.2. The van der Waals surface area contributed by atoms with E-state index in [-0.39, 0.29) is 0 Å². The third-order valence-electron chi connectivity index (χ3n) is 3.53. The van der Waals surface area contributed by atoms with Crippen LogP contribution in [0.5, 0.6) is 0 Å². The fraction of sp³-hybridized carbons (Fsp3) is 0.846. The van der Waals surface area contributed by atoms with Crippen molar-refractivity contribution >= 4 is 0 Å². The van der Waals surface area contributed by atoms with Crippen molar-refractivity contribution < 1.29 is 5.11 Å². The van der Waals surface area contributed by atoms with Crippen molar-refractivity contribution in [2.24, 2.45) is 0 Å². The molecule has 1 rings (SSSR count). The van der Waals surface area contributed by atoms with E-state index >= 15 is 0 Å². The van der Waals surface area contributed by atoms with Gasteiger partial charge in [-0.3, -0.25) is 0 Å². The molecule has 2 N–H and O–H groups in total. The SMILES string of the molecule is CCC(O)(CC)CNCCC1=CCCC1. The third kappa shape index (κ3) is 4.35. The van der Waals surface area contributed by atoms with Crippen molar-refractivity contribution in [3.8, 4) is 0 Å². The molecular formula is C13H25NO. The fourth-order valence-electron chi connectivity index (χ4n) is 2.03. The summed E-state index contributed by atoms with van der Waals surface area (Å²) < 4.78 is 0. The fourth-order valence-corrected chi connectivity index (χ4v) is 2.03. The van der Waals surface area contributed by atoms with Gasteiger partial charge in [-0.05, 0) is 45.1 Å². The quantitative estimate of drug-likeness (QED) is 0.501. The van der Waals surface area contributed by atoms with Crippen LogP contribution < -0.4 is 5.32 Å². The third-order valence-corrected chi connectivity index (χ3v) is 3.53. The van der Waals surface area contributed by atoms with Gasteiger partial charge < -0.3 is 10.4 Å². The van der Waals surface area contributed by atoms with E-state index in [1.165, 1.54) is 19.3 Å². The first-order valence-electron chi connectivity index (χ1n) is 6.31. The van der Waals surface area contributed by atoms with Crippen LogP contribution in [0.3, 0.4) is 0 Å². The van der Waals surface area contributed by atoms with Gasteiger partial charge in [0, 0.05) is 6.54 Å². The van der Waals surface area contributed by atoms with E-state index in [1.807, 2.05) is 13.8 Å². The van der Waals surface area contributed by atoms with Crippen LogP contribution in [0.4, 0.5) is 0 Å². The topological polar surface area (TPSA) is 32.3 Å². The van der Waals surface area contributed by atoms with E-state index in [9.17, 15) is 5.11 Å². The average Bonchev–Trinajstić information content (AvgIpc) is 2.77. The maximum atomic E-state index is 10.0. The lowest BCUT2D eigenvalue weighted by Crippen LogP contribution is -2.39. The molecule has 0 aromatic rings. The number of hydrogen-bond donors (Lipinski definition) is 2. The number of hydrogen-bond acceptors (Lipinski definition) is 2. The van der Waals surface area contributed by atoms with Crippen molar-refractivity contribution in [1.29, 1.82) is 0 Å². The highest BCUT2D eigenvalue weighted by molar-refractivity contribution is 5.07. The van der Waals surface area contributed by atoms with Crippen molar-refractivity contribution in [3.05, 3.63) is 11.6 Å². The molecule has 0 fully saturated rings. The van der Waals surface area contributed by atoms with Gasteiger partial charge in [-0.15, -0.1) is 0 Å². The van der Waals surface area contributed by atoms with Crippen molar-refractivity contribution in [2.75, 3.05) is 13.1 Å². The molecule has 0 spiro atoms. The number of nitrogens with one attached hydrogen (secondary N) is 1. The number of rotatable bonds is 7. The summed E-state index contributed by atoms with van der Waals surface area (Å²) in [5, 5.41) is 13.4. The minimum atomic E-state index is -0.496. The number of allylic oxidation sites excluding steroid dienone is 1. The molecule has 0 atom stereocenters. The summed E-state index contributed by atoms with van der Waals surface area (Å²) in [4.78, 5) is 0.